The van der Waals surface area contributed by atoms with Gasteiger partial charge in [0.25, 0.3) is 0 Å². The Balaban J connectivity index is 2.34. The maximum atomic E-state index is 12.7. The molecule has 0 radical (unpaired) electrons. The maximum absolute atomic E-state index is 12.7. The predicted molar refractivity (Wildman–Crippen MR) is 118 cm³/mol. The van der Waals surface area contributed by atoms with Gasteiger partial charge in [0, 0.05) is 24.9 Å². The third kappa shape index (κ3) is 5.92. The van der Waals surface area contributed by atoms with E-state index in [4.69, 9.17) is 5.10 Å². The van der Waals surface area contributed by atoms with Crippen molar-refractivity contribution in [2.75, 3.05) is 18.4 Å². The first kappa shape index (κ1) is 22.7. The Morgan fingerprint density at radius 2 is 1.86 bits per heavy atom. The normalized spacial score (nSPS) is 11.4. The fourth-order valence-corrected chi connectivity index (χ4v) is 3.12. The van der Waals surface area contributed by atoms with Gasteiger partial charge in [0.15, 0.2) is 0 Å². The zero-order valence-electron chi connectivity index (χ0n) is 18.8. The first-order chi connectivity index (χ1) is 13.5. The van der Waals surface area contributed by atoms with Gasteiger partial charge in [-0.2, -0.15) is 5.10 Å². The van der Waals surface area contributed by atoms with Crippen LogP contribution in [0.4, 0.5) is 5.82 Å². The van der Waals surface area contributed by atoms with Crippen molar-refractivity contribution < 1.29 is 9.59 Å². The van der Waals surface area contributed by atoms with E-state index in [0.29, 0.717) is 12.4 Å². The first-order valence-corrected chi connectivity index (χ1v) is 10.3. The van der Waals surface area contributed by atoms with Gasteiger partial charge < -0.3 is 10.2 Å². The summed E-state index contributed by atoms with van der Waals surface area (Å²) in [5.41, 5.74) is 3.92. The topological polar surface area (TPSA) is 67.2 Å². The number of carbonyl (C=O) groups is 2. The molecule has 2 amide bonds. The van der Waals surface area contributed by atoms with E-state index in [1.165, 1.54) is 12.5 Å². The van der Waals surface area contributed by atoms with Crippen LogP contribution < -0.4 is 5.32 Å². The van der Waals surface area contributed by atoms with Crippen LogP contribution in [-0.4, -0.2) is 39.6 Å². The smallest absolute Gasteiger partial charge is 0.245 e. The van der Waals surface area contributed by atoms with Crippen LogP contribution in [0.3, 0.4) is 0 Å². The highest BCUT2D eigenvalue weighted by atomic mass is 16.2. The average molecular weight is 399 g/mol. The number of hydrogen-bond donors (Lipinski definition) is 1. The van der Waals surface area contributed by atoms with E-state index in [0.717, 1.165) is 29.8 Å². The molecular weight excluding hydrogens is 364 g/mol. The molecule has 0 saturated carbocycles. The second-order valence-corrected chi connectivity index (χ2v) is 8.71. The van der Waals surface area contributed by atoms with Gasteiger partial charge in [0.05, 0.1) is 17.9 Å². The molecule has 0 aliphatic heterocycles. The largest absolute Gasteiger partial charge is 0.334 e. The molecule has 2 aromatic rings. The Morgan fingerprint density at radius 1 is 1.17 bits per heavy atom. The van der Waals surface area contributed by atoms with Crippen molar-refractivity contribution in [2.24, 2.45) is 0 Å². The van der Waals surface area contributed by atoms with Gasteiger partial charge in [-0.1, -0.05) is 51.8 Å². The number of hydrogen-bond acceptors (Lipinski definition) is 3. The Morgan fingerprint density at radius 3 is 2.41 bits per heavy atom. The Kier molecular flexibility index (Phi) is 7.22. The number of rotatable bonds is 7. The van der Waals surface area contributed by atoms with Crippen LogP contribution in [0.2, 0.25) is 0 Å². The van der Waals surface area contributed by atoms with E-state index < -0.39 is 0 Å². The van der Waals surface area contributed by atoms with Crippen molar-refractivity contribution in [3.05, 3.63) is 41.1 Å². The number of carbonyl (C=O) groups excluding carboxylic acids is 2. The van der Waals surface area contributed by atoms with E-state index >= 15 is 0 Å². The van der Waals surface area contributed by atoms with Crippen LogP contribution in [0.15, 0.2) is 24.3 Å². The second-order valence-electron chi connectivity index (χ2n) is 8.71. The quantitative estimate of drug-likeness (QED) is 0.753. The molecule has 0 spiro atoms. The Hall–Kier alpha value is -2.63. The third-order valence-electron chi connectivity index (χ3n) is 4.89. The molecule has 6 nitrogen and oxygen atoms in total. The maximum Gasteiger partial charge on any atom is 0.245 e. The highest BCUT2D eigenvalue weighted by Crippen LogP contribution is 2.27. The van der Waals surface area contributed by atoms with Crippen LogP contribution in [0.1, 0.15) is 64.3 Å². The molecular formula is C23H34N4O2. The van der Waals surface area contributed by atoms with Crippen LogP contribution in [0.25, 0.3) is 5.69 Å². The van der Waals surface area contributed by atoms with Gasteiger partial charge in [-0.3, -0.25) is 9.59 Å². The number of aryl methyl sites for hydroxylation is 2. The minimum absolute atomic E-state index is 0.0399. The first-order valence-electron chi connectivity index (χ1n) is 10.3. The molecule has 0 saturated heterocycles. The molecule has 1 aromatic heterocycles. The molecule has 1 aromatic carbocycles. The summed E-state index contributed by atoms with van der Waals surface area (Å²) in [4.78, 5) is 26.2. The van der Waals surface area contributed by atoms with Gasteiger partial charge in [-0.15, -0.1) is 0 Å². The SMILES string of the molecule is CCCCN(CC(=O)Nc1cc(C(C)(C)C)nn1-c1ccc(C)cc1C)C(C)=O. The van der Waals surface area contributed by atoms with Gasteiger partial charge >= 0.3 is 0 Å². The number of aromatic nitrogens is 2. The number of nitrogens with zero attached hydrogens (tertiary/aromatic N) is 3. The van der Waals surface area contributed by atoms with E-state index in [-0.39, 0.29) is 23.8 Å². The standard InChI is InChI=1S/C23H34N4O2/c1-8-9-12-26(18(4)28)15-22(29)24-21-14-20(23(5,6)7)25-27(21)19-11-10-16(2)13-17(19)3/h10-11,13-14H,8-9,12,15H2,1-7H3,(H,24,29). The molecule has 158 valence electrons. The fraction of sp³-hybridized carbons (Fsp3) is 0.522. The number of anilines is 1. The highest BCUT2D eigenvalue weighted by Gasteiger charge is 2.23. The summed E-state index contributed by atoms with van der Waals surface area (Å²) in [5, 5.41) is 7.75. The Bertz CT molecular complexity index is 877. The summed E-state index contributed by atoms with van der Waals surface area (Å²) in [7, 11) is 0. The lowest BCUT2D eigenvalue weighted by Gasteiger charge is -2.20. The van der Waals surface area contributed by atoms with Gasteiger partial charge in [0.2, 0.25) is 11.8 Å². The zero-order valence-corrected chi connectivity index (χ0v) is 18.8. The number of unbranched alkanes of at least 4 members (excludes halogenated alkanes) is 1. The fourth-order valence-electron chi connectivity index (χ4n) is 3.12. The lowest BCUT2D eigenvalue weighted by atomic mass is 9.92. The van der Waals surface area contributed by atoms with Gasteiger partial charge in [0.1, 0.15) is 5.82 Å². The van der Waals surface area contributed by atoms with Gasteiger partial charge in [-0.25, -0.2) is 4.68 Å². The van der Waals surface area contributed by atoms with Crippen molar-refractivity contribution >= 4 is 17.6 Å². The monoisotopic (exact) mass is 398 g/mol. The predicted octanol–water partition coefficient (Wildman–Crippen LogP) is 4.37. The molecule has 6 heteroatoms. The van der Waals surface area contributed by atoms with Gasteiger partial charge in [-0.05, 0) is 31.9 Å². The van der Waals surface area contributed by atoms with Crippen molar-refractivity contribution in [1.29, 1.82) is 0 Å². The van der Waals surface area contributed by atoms with E-state index in [1.807, 2.05) is 25.1 Å². The van der Waals surface area contributed by atoms with Crippen molar-refractivity contribution in [1.82, 2.24) is 14.7 Å². The lowest BCUT2D eigenvalue weighted by molar-refractivity contribution is -0.132. The molecule has 1 N–H and O–H groups in total. The van der Waals surface area contributed by atoms with Crippen LogP contribution in [0, 0.1) is 13.8 Å². The van der Waals surface area contributed by atoms with E-state index in [1.54, 1.807) is 9.58 Å². The van der Waals surface area contributed by atoms with Crippen LogP contribution in [0.5, 0.6) is 0 Å². The summed E-state index contributed by atoms with van der Waals surface area (Å²) in [6.45, 7) is 14.6. The molecule has 2 rings (SSSR count). The lowest BCUT2D eigenvalue weighted by Crippen LogP contribution is -2.37. The van der Waals surface area contributed by atoms with Crippen molar-refractivity contribution in [2.45, 2.75) is 66.7 Å². The summed E-state index contributed by atoms with van der Waals surface area (Å²) >= 11 is 0. The molecule has 0 aliphatic carbocycles. The molecule has 29 heavy (non-hydrogen) atoms. The zero-order chi connectivity index (χ0) is 21.8. The number of amides is 2. The molecule has 0 atom stereocenters. The second kappa shape index (κ2) is 9.25. The molecule has 0 fully saturated rings. The molecule has 0 aliphatic rings. The highest BCUT2D eigenvalue weighted by molar-refractivity contribution is 5.94. The van der Waals surface area contributed by atoms with Crippen molar-refractivity contribution in [3.63, 3.8) is 0 Å². The minimum atomic E-state index is -0.220. The summed E-state index contributed by atoms with van der Waals surface area (Å²) in [6, 6.07) is 8.07. The minimum Gasteiger partial charge on any atom is -0.334 e. The number of nitrogens with one attached hydrogen (secondary N) is 1. The molecule has 0 bridgehead atoms. The Labute approximate surface area is 174 Å². The summed E-state index contributed by atoms with van der Waals surface area (Å²) in [6.07, 6.45) is 1.85. The summed E-state index contributed by atoms with van der Waals surface area (Å²) in [5.74, 6) is 0.306. The summed E-state index contributed by atoms with van der Waals surface area (Å²) < 4.78 is 1.79. The molecule has 0 unspecified atom stereocenters. The van der Waals surface area contributed by atoms with Crippen molar-refractivity contribution in [3.8, 4) is 5.69 Å². The third-order valence-corrected chi connectivity index (χ3v) is 4.89. The van der Waals surface area contributed by atoms with E-state index in [2.05, 4.69) is 46.0 Å². The van der Waals surface area contributed by atoms with Crippen LogP contribution in [-0.2, 0) is 15.0 Å². The van der Waals surface area contributed by atoms with E-state index in [9.17, 15) is 9.59 Å². The van der Waals surface area contributed by atoms with Crippen LogP contribution >= 0.6 is 0 Å². The number of benzene rings is 1. The molecule has 1 heterocycles. The average Bonchev–Trinajstić information content (AvgIpc) is 3.02.